The van der Waals surface area contributed by atoms with E-state index in [2.05, 4.69) is 45.1 Å². The van der Waals surface area contributed by atoms with Crippen molar-refractivity contribution >= 4 is 17.9 Å². The van der Waals surface area contributed by atoms with Crippen molar-refractivity contribution in [1.82, 2.24) is 0 Å². The van der Waals surface area contributed by atoms with Crippen molar-refractivity contribution in [2.45, 2.75) is 284 Å². The van der Waals surface area contributed by atoms with Crippen LogP contribution < -0.4 is 0 Å². The summed E-state index contributed by atoms with van der Waals surface area (Å²) in [7, 11) is 0. The second-order valence-corrected chi connectivity index (χ2v) is 17.4. The summed E-state index contributed by atoms with van der Waals surface area (Å²) in [6.45, 7) is 6.55. The molecule has 0 amide bonds. The normalized spacial score (nSPS) is 12.1. The van der Waals surface area contributed by atoms with Crippen LogP contribution in [0, 0.1) is 0 Å². The van der Waals surface area contributed by atoms with E-state index in [1.807, 2.05) is 0 Å². The SMILES string of the molecule is CCCCCC/C=C\CCCCCCCC(=O)OC(COC(=O)CCCCCCC)COC(=O)CCCCCCCCCCCCC/C=C\CCCCCCCCCC. The molecule has 0 aromatic heterocycles. The summed E-state index contributed by atoms with van der Waals surface area (Å²) in [5.41, 5.74) is 0. The van der Waals surface area contributed by atoms with E-state index in [0.717, 1.165) is 70.6 Å². The minimum atomic E-state index is -0.768. The predicted octanol–water partition coefficient (Wildman–Crippen LogP) is 16.8. The van der Waals surface area contributed by atoms with Crippen LogP contribution in [0.1, 0.15) is 278 Å². The minimum Gasteiger partial charge on any atom is -0.462 e. The summed E-state index contributed by atoms with van der Waals surface area (Å²) in [6, 6.07) is 0. The standard InChI is InChI=1S/C53H98O6/c1-4-7-10-13-15-17-19-21-22-23-24-25-26-27-28-29-30-32-33-35-37-40-43-46-52(55)58-49-50(48-57-51(54)45-42-39-12-9-6-3)59-53(56)47-44-41-38-36-34-31-20-18-16-14-11-8-5-2/h18,20,23-24,50H,4-17,19,21-22,25-49H2,1-3H3/b20-18-,24-23-. The number of carbonyl (C=O) groups is 3. The molecule has 0 aliphatic heterocycles. The molecule has 0 saturated carbocycles. The van der Waals surface area contributed by atoms with Gasteiger partial charge in [0.2, 0.25) is 0 Å². The van der Waals surface area contributed by atoms with Gasteiger partial charge in [0.25, 0.3) is 0 Å². The molecular weight excluding hydrogens is 733 g/mol. The molecule has 0 aliphatic carbocycles. The molecule has 6 nitrogen and oxygen atoms in total. The Labute approximate surface area is 366 Å². The smallest absolute Gasteiger partial charge is 0.306 e. The summed E-state index contributed by atoms with van der Waals surface area (Å²) in [5.74, 6) is -0.888. The number of rotatable bonds is 47. The second kappa shape index (κ2) is 48.6. The Morgan fingerprint density at radius 2 is 0.559 bits per heavy atom. The zero-order valence-corrected chi connectivity index (χ0v) is 39.5. The maximum absolute atomic E-state index is 12.7. The van der Waals surface area contributed by atoms with Gasteiger partial charge in [-0.15, -0.1) is 0 Å². The molecule has 0 saturated heterocycles. The third-order valence-corrected chi connectivity index (χ3v) is 11.4. The first-order valence-electron chi connectivity index (χ1n) is 25.8. The quantitative estimate of drug-likeness (QED) is 0.0263. The predicted molar refractivity (Wildman–Crippen MR) is 252 cm³/mol. The molecule has 6 heteroatoms. The third-order valence-electron chi connectivity index (χ3n) is 11.4. The lowest BCUT2D eigenvalue weighted by Crippen LogP contribution is -2.30. The fourth-order valence-corrected chi connectivity index (χ4v) is 7.49. The van der Waals surface area contributed by atoms with E-state index < -0.39 is 6.10 Å². The first-order chi connectivity index (χ1) is 29.0. The number of carbonyl (C=O) groups excluding carboxylic acids is 3. The molecule has 0 aromatic rings. The van der Waals surface area contributed by atoms with Gasteiger partial charge in [-0.3, -0.25) is 14.4 Å². The van der Waals surface area contributed by atoms with Gasteiger partial charge in [0.1, 0.15) is 13.2 Å². The van der Waals surface area contributed by atoms with E-state index in [4.69, 9.17) is 14.2 Å². The monoisotopic (exact) mass is 831 g/mol. The molecule has 0 heterocycles. The van der Waals surface area contributed by atoms with Crippen LogP contribution in [0.5, 0.6) is 0 Å². The van der Waals surface area contributed by atoms with Crippen molar-refractivity contribution in [3.63, 3.8) is 0 Å². The maximum Gasteiger partial charge on any atom is 0.306 e. The zero-order chi connectivity index (χ0) is 43.0. The zero-order valence-electron chi connectivity index (χ0n) is 39.5. The van der Waals surface area contributed by atoms with Crippen LogP contribution in [0.25, 0.3) is 0 Å². The van der Waals surface area contributed by atoms with E-state index in [0.29, 0.717) is 19.3 Å². The van der Waals surface area contributed by atoms with Gasteiger partial charge in [-0.25, -0.2) is 0 Å². The third kappa shape index (κ3) is 46.8. The molecule has 59 heavy (non-hydrogen) atoms. The van der Waals surface area contributed by atoms with Crippen LogP contribution in [0.2, 0.25) is 0 Å². The molecule has 0 spiro atoms. The Morgan fingerprint density at radius 1 is 0.322 bits per heavy atom. The van der Waals surface area contributed by atoms with Crippen molar-refractivity contribution in [2.24, 2.45) is 0 Å². The summed E-state index contributed by atoms with van der Waals surface area (Å²) < 4.78 is 16.6. The topological polar surface area (TPSA) is 78.9 Å². The highest BCUT2D eigenvalue weighted by molar-refractivity contribution is 5.71. The Kier molecular flexibility index (Phi) is 46.8. The number of unbranched alkanes of at least 4 members (excludes halogenated alkanes) is 32. The van der Waals surface area contributed by atoms with Crippen molar-refractivity contribution in [1.29, 1.82) is 0 Å². The first-order valence-corrected chi connectivity index (χ1v) is 25.8. The Balaban J connectivity index is 4.06. The van der Waals surface area contributed by atoms with Crippen LogP contribution in [0.4, 0.5) is 0 Å². The van der Waals surface area contributed by atoms with Crippen LogP contribution in [0.15, 0.2) is 24.3 Å². The van der Waals surface area contributed by atoms with E-state index >= 15 is 0 Å². The lowest BCUT2D eigenvalue weighted by atomic mass is 10.0. The lowest BCUT2D eigenvalue weighted by Gasteiger charge is -2.18. The van der Waals surface area contributed by atoms with Crippen LogP contribution in [-0.4, -0.2) is 37.2 Å². The highest BCUT2D eigenvalue weighted by atomic mass is 16.6. The summed E-state index contributed by atoms with van der Waals surface area (Å²) >= 11 is 0. The highest BCUT2D eigenvalue weighted by Gasteiger charge is 2.19. The van der Waals surface area contributed by atoms with E-state index in [1.165, 1.54) is 167 Å². The Hall–Kier alpha value is -2.11. The van der Waals surface area contributed by atoms with Gasteiger partial charge in [0, 0.05) is 19.3 Å². The molecule has 0 fully saturated rings. The average Bonchev–Trinajstić information content (AvgIpc) is 3.23. The van der Waals surface area contributed by atoms with Gasteiger partial charge in [0.15, 0.2) is 6.10 Å². The van der Waals surface area contributed by atoms with Crippen LogP contribution in [0.3, 0.4) is 0 Å². The van der Waals surface area contributed by atoms with Gasteiger partial charge < -0.3 is 14.2 Å². The van der Waals surface area contributed by atoms with Crippen LogP contribution >= 0.6 is 0 Å². The summed E-state index contributed by atoms with van der Waals surface area (Å²) in [5, 5.41) is 0. The van der Waals surface area contributed by atoms with Gasteiger partial charge in [-0.05, 0) is 70.6 Å². The fourth-order valence-electron chi connectivity index (χ4n) is 7.49. The number of hydrogen-bond acceptors (Lipinski definition) is 6. The largest absolute Gasteiger partial charge is 0.462 e. The molecule has 0 bridgehead atoms. The van der Waals surface area contributed by atoms with E-state index in [-0.39, 0.29) is 31.1 Å². The highest BCUT2D eigenvalue weighted by Crippen LogP contribution is 2.15. The van der Waals surface area contributed by atoms with Crippen molar-refractivity contribution in [2.75, 3.05) is 13.2 Å². The molecular formula is C53H98O6. The molecule has 0 aliphatic rings. The minimum absolute atomic E-state index is 0.0729. The molecule has 1 unspecified atom stereocenters. The van der Waals surface area contributed by atoms with Gasteiger partial charge >= 0.3 is 17.9 Å². The second-order valence-electron chi connectivity index (χ2n) is 17.4. The number of ether oxygens (including phenoxy) is 3. The Morgan fingerprint density at radius 3 is 0.864 bits per heavy atom. The van der Waals surface area contributed by atoms with E-state index in [9.17, 15) is 14.4 Å². The lowest BCUT2D eigenvalue weighted by molar-refractivity contribution is -0.167. The van der Waals surface area contributed by atoms with Crippen molar-refractivity contribution < 1.29 is 28.6 Å². The van der Waals surface area contributed by atoms with Gasteiger partial charge in [-0.2, -0.15) is 0 Å². The molecule has 346 valence electrons. The Bertz CT molecular complexity index is 958. The summed E-state index contributed by atoms with van der Waals surface area (Å²) in [4.78, 5) is 37.6. The first kappa shape index (κ1) is 56.9. The number of esters is 3. The van der Waals surface area contributed by atoms with E-state index in [1.54, 1.807) is 0 Å². The molecule has 1 atom stereocenters. The maximum atomic E-state index is 12.7. The molecule has 0 radical (unpaired) electrons. The van der Waals surface area contributed by atoms with Gasteiger partial charge in [-0.1, -0.05) is 212 Å². The number of hydrogen-bond donors (Lipinski definition) is 0. The van der Waals surface area contributed by atoms with Crippen molar-refractivity contribution in [3.05, 3.63) is 24.3 Å². The van der Waals surface area contributed by atoms with Gasteiger partial charge in [0.05, 0.1) is 0 Å². The molecule has 0 N–H and O–H groups in total. The number of allylic oxidation sites excluding steroid dienone is 4. The fraction of sp³-hybridized carbons (Fsp3) is 0.868. The summed E-state index contributed by atoms with van der Waals surface area (Å²) in [6.07, 6.45) is 54.9. The average molecular weight is 831 g/mol. The van der Waals surface area contributed by atoms with Crippen LogP contribution in [-0.2, 0) is 28.6 Å². The van der Waals surface area contributed by atoms with Crippen molar-refractivity contribution in [3.8, 4) is 0 Å². The molecule has 0 aromatic carbocycles. The molecule has 0 rings (SSSR count).